The molecule has 0 radical (unpaired) electrons. The molecule has 268 valence electrons. The Morgan fingerprint density at radius 2 is 1.69 bits per heavy atom. The van der Waals surface area contributed by atoms with E-state index in [0.29, 0.717) is 4.57 Å². The normalized spacial score (nSPS) is 18.0. The van der Waals surface area contributed by atoms with Crippen LogP contribution in [0, 0.1) is 31.3 Å². The lowest BCUT2D eigenvalue weighted by Crippen LogP contribution is -2.49. The molecule has 2 N–H and O–H groups in total. The summed E-state index contributed by atoms with van der Waals surface area (Å²) >= 11 is 0. The van der Waals surface area contributed by atoms with Crippen LogP contribution in [0.25, 0.3) is 11.1 Å². The van der Waals surface area contributed by atoms with Gasteiger partial charge in [-0.05, 0) is 85.0 Å². The minimum atomic E-state index is -5.00. The number of carbonyl (C=O) groups excluding carboxylic acids is 1. The number of hydrogen-bond donors (Lipinski definition) is 2. The molecule has 15 heteroatoms. The molecule has 2 atom stereocenters. The number of pyridine rings is 1. The second-order valence-electron chi connectivity index (χ2n) is 12.7. The number of aromatic nitrogens is 1. The molecule has 2 aliphatic heterocycles. The Kier molecular flexibility index (Phi) is 9.44. The van der Waals surface area contributed by atoms with Crippen LogP contribution in [0.3, 0.4) is 0 Å². The molecule has 8 nitrogen and oxygen atoms in total. The summed E-state index contributed by atoms with van der Waals surface area (Å²) in [7, 11) is 0. The number of amides is 1. The highest BCUT2D eigenvalue weighted by Crippen LogP contribution is 2.41. The third-order valence-corrected chi connectivity index (χ3v) is 9.10. The number of aryl methyl sites for hydroxylation is 1. The number of halogens is 7. The molecule has 4 bridgehead atoms. The van der Waals surface area contributed by atoms with E-state index in [1.807, 2.05) is 0 Å². The van der Waals surface area contributed by atoms with Crippen LogP contribution in [0.15, 0.2) is 59.5 Å². The number of alkyl halides is 4. The van der Waals surface area contributed by atoms with Gasteiger partial charge in [-0.3, -0.25) is 23.9 Å². The van der Waals surface area contributed by atoms with Gasteiger partial charge < -0.3 is 15.2 Å². The minimum Gasteiger partial charge on any atom is -0.481 e. The van der Waals surface area contributed by atoms with E-state index in [2.05, 4.69) is 5.32 Å². The maximum Gasteiger partial charge on any atom is 0.416 e. The number of rotatable bonds is 6. The van der Waals surface area contributed by atoms with Gasteiger partial charge in [0, 0.05) is 48.6 Å². The molecule has 3 heterocycles. The summed E-state index contributed by atoms with van der Waals surface area (Å²) in [6, 6.07) is 4.62. The molecule has 2 aliphatic rings. The van der Waals surface area contributed by atoms with Crippen molar-refractivity contribution < 1.29 is 50.2 Å². The molecule has 6 rings (SSSR count). The lowest BCUT2D eigenvalue weighted by molar-refractivity contribution is -0.139. The Labute approximate surface area is 286 Å². The monoisotopic (exact) mass is 717 g/mol. The van der Waals surface area contributed by atoms with Crippen molar-refractivity contribution in [3.05, 3.63) is 116 Å². The Morgan fingerprint density at radius 3 is 2.35 bits per heavy atom. The molecule has 0 spiro atoms. The molecule has 1 fully saturated rings. The highest BCUT2D eigenvalue weighted by atomic mass is 19.4. The van der Waals surface area contributed by atoms with Crippen LogP contribution in [-0.2, 0) is 22.2 Å². The zero-order chi connectivity index (χ0) is 36.9. The van der Waals surface area contributed by atoms with Gasteiger partial charge in [-0.25, -0.2) is 17.6 Å². The predicted molar refractivity (Wildman–Crippen MR) is 170 cm³/mol. The number of carboxylic acid groups (broad SMARTS) is 1. The summed E-state index contributed by atoms with van der Waals surface area (Å²) in [5.74, 6) is -5.51. The number of likely N-dealkylation sites (tertiary alicyclic amines) is 1. The van der Waals surface area contributed by atoms with Crippen LogP contribution < -0.4 is 15.6 Å². The number of benzene rings is 3. The summed E-state index contributed by atoms with van der Waals surface area (Å²) in [4.78, 5) is 41.4. The Balaban J connectivity index is 1.59. The summed E-state index contributed by atoms with van der Waals surface area (Å²) in [5, 5.41) is 12.2. The lowest BCUT2D eigenvalue weighted by atomic mass is 9.92. The predicted octanol–water partition coefficient (Wildman–Crippen LogP) is 6.79. The van der Waals surface area contributed by atoms with E-state index >= 15 is 8.78 Å². The number of nitrogens with one attached hydrogen (secondary N) is 1. The fourth-order valence-corrected chi connectivity index (χ4v) is 6.53. The summed E-state index contributed by atoms with van der Waals surface area (Å²) in [6.45, 7) is 2.78. The number of fused-ring (bicyclic) bond motifs is 6. The van der Waals surface area contributed by atoms with Crippen molar-refractivity contribution in [1.82, 2.24) is 14.8 Å². The number of hydrogen-bond acceptors (Lipinski definition) is 5. The highest BCUT2D eigenvalue weighted by molar-refractivity contribution is 5.85. The van der Waals surface area contributed by atoms with E-state index < -0.39 is 82.4 Å². The van der Waals surface area contributed by atoms with Gasteiger partial charge in [0.15, 0.2) is 0 Å². The summed E-state index contributed by atoms with van der Waals surface area (Å²) < 4.78 is 109. The molecule has 51 heavy (non-hydrogen) atoms. The van der Waals surface area contributed by atoms with Gasteiger partial charge in [-0.1, -0.05) is 0 Å². The van der Waals surface area contributed by atoms with Crippen molar-refractivity contribution >= 4 is 11.9 Å². The van der Waals surface area contributed by atoms with Crippen molar-refractivity contribution in [3.63, 3.8) is 0 Å². The third kappa shape index (κ3) is 7.07. The fourth-order valence-electron chi connectivity index (χ4n) is 6.53. The highest BCUT2D eigenvalue weighted by Gasteiger charge is 2.38. The maximum atomic E-state index is 15.9. The summed E-state index contributed by atoms with van der Waals surface area (Å²) in [6.07, 6.45) is -6.61. The smallest absolute Gasteiger partial charge is 0.416 e. The first-order valence-electron chi connectivity index (χ1n) is 15.8. The summed E-state index contributed by atoms with van der Waals surface area (Å²) in [5.41, 5.74) is -3.61. The molecule has 1 amide bonds. The third-order valence-electron chi connectivity index (χ3n) is 9.10. The van der Waals surface area contributed by atoms with Crippen LogP contribution in [0.4, 0.5) is 30.7 Å². The number of nitrogens with zero attached hydrogens (tertiary/aromatic N) is 2. The van der Waals surface area contributed by atoms with Crippen molar-refractivity contribution in [3.8, 4) is 22.6 Å². The number of aliphatic carboxylic acids is 1. The zero-order valence-electron chi connectivity index (χ0n) is 27.1. The SMILES string of the molecule is Cc1cc2cc(c1F)[C@H](CC(=O)O)NC(=O)[C@@H](n1cc(CCN3CC(F)C3)c(C(F)(F)F)cc1=O)c1cc(ccc1F)Oc1ccc(F)c(C)c1-2. The van der Waals surface area contributed by atoms with Gasteiger partial charge in [0.05, 0.1) is 18.0 Å². The first kappa shape index (κ1) is 35.6. The van der Waals surface area contributed by atoms with Gasteiger partial charge in [0.25, 0.3) is 5.56 Å². The molecular formula is C36H30F7N3O5. The average Bonchev–Trinajstić information content (AvgIpc) is 3.03. The minimum absolute atomic E-state index is 0.00151. The van der Waals surface area contributed by atoms with E-state index in [4.69, 9.17) is 4.74 Å². The lowest BCUT2D eigenvalue weighted by Gasteiger charge is -2.34. The first-order chi connectivity index (χ1) is 24.0. The standard InChI is InChI=1S/C36H30F7N3O5/c1-17-9-20-10-24(33(17)40)28(13-31(48)49)44-35(50)34(23-11-22(3-4-27(23)39)51-29-6-5-26(38)18(2)32(20)29)46-14-19(7-8-45-15-21(37)16-45)25(12-30(46)47)36(41,42)43/h3-6,9-12,14,21,28,34H,7-8,13,15-16H2,1-2H3,(H,44,50)(H,48,49)/t28-,34-/m0/s1. The topological polar surface area (TPSA) is 101 Å². The van der Waals surface area contributed by atoms with Crippen molar-refractivity contribution in [2.75, 3.05) is 19.6 Å². The van der Waals surface area contributed by atoms with E-state index in [-0.39, 0.29) is 71.4 Å². The van der Waals surface area contributed by atoms with Gasteiger partial charge >= 0.3 is 12.1 Å². The van der Waals surface area contributed by atoms with Gasteiger partial charge in [0.1, 0.15) is 41.2 Å². The van der Waals surface area contributed by atoms with Gasteiger partial charge in [0.2, 0.25) is 5.91 Å². The second-order valence-corrected chi connectivity index (χ2v) is 12.7. The van der Waals surface area contributed by atoms with Gasteiger partial charge in [-0.15, -0.1) is 0 Å². The van der Waals surface area contributed by atoms with Crippen molar-refractivity contribution in [2.24, 2.45) is 0 Å². The molecule has 1 saturated heterocycles. The number of ether oxygens (including phenoxy) is 1. The van der Waals surface area contributed by atoms with E-state index in [1.54, 1.807) is 4.90 Å². The van der Waals surface area contributed by atoms with Gasteiger partial charge in [-0.2, -0.15) is 13.2 Å². The maximum absolute atomic E-state index is 15.9. The van der Waals surface area contributed by atoms with Crippen LogP contribution in [0.5, 0.6) is 11.5 Å². The number of carbonyl (C=O) groups is 2. The van der Waals surface area contributed by atoms with Crippen LogP contribution in [-0.4, -0.2) is 52.3 Å². The van der Waals surface area contributed by atoms with Crippen molar-refractivity contribution in [2.45, 2.75) is 51.1 Å². The number of carboxylic acids is 1. The van der Waals surface area contributed by atoms with Crippen LogP contribution in [0.2, 0.25) is 0 Å². The first-order valence-corrected chi connectivity index (χ1v) is 15.8. The Bertz CT molecular complexity index is 2110. The van der Waals surface area contributed by atoms with E-state index in [9.17, 15) is 41.4 Å². The Morgan fingerprint density at radius 1 is 0.980 bits per heavy atom. The van der Waals surface area contributed by atoms with E-state index in [1.165, 1.54) is 38.1 Å². The molecule has 0 unspecified atom stereocenters. The molecule has 0 aliphatic carbocycles. The quantitative estimate of drug-likeness (QED) is 0.213. The molecular weight excluding hydrogens is 687 g/mol. The molecule has 3 aromatic carbocycles. The Hall–Kier alpha value is -5.18. The van der Waals surface area contributed by atoms with Crippen LogP contribution >= 0.6 is 0 Å². The molecule has 4 aromatic rings. The average molecular weight is 718 g/mol. The fraction of sp³-hybridized carbons (Fsp3) is 0.306. The molecule has 0 saturated carbocycles. The van der Waals surface area contributed by atoms with E-state index in [0.717, 1.165) is 24.4 Å². The van der Waals surface area contributed by atoms with Crippen LogP contribution in [0.1, 0.15) is 51.9 Å². The molecule has 1 aromatic heterocycles. The largest absolute Gasteiger partial charge is 0.481 e. The second kappa shape index (κ2) is 13.5. The zero-order valence-corrected chi connectivity index (χ0v) is 27.1. The van der Waals surface area contributed by atoms with Crippen molar-refractivity contribution in [1.29, 1.82) is 0 Å².